The van der Waals surface area contributed by atoms with Crippen LogP contribution in [0.25, 0.3) is 11.0 Å². The molecule has 3 heteroatoms. The monoisotopic (exact) mass is 283 g/mol. The highest BCUT2D eigenvalue weighted by Gasteiger charge is 2.14. The molecule has 0 spiro atoms. The molecular weight excluding hydrogens is 265 g/mol. The van der Waals surface area contributed by atoms with Crippen LogP contribution in [0.4, 0.5) is 4.39 Å². The van der Waals surface area contributed by atoms with Crippen molar-refractivity contribution in [3.63, 3.8) is 0 Å². The van der Waals surface area contributed by atoms with Crippen molar-refractivity contribution in [2.24, 2.45) is 5.73 Å². The molecule has 0 bridgehead atoms. The molecule has 0 radical (unpaired) electrons. The lowest BCUT2D eigenvalue weighted by molar-refractivity contribution is 0.493. The molecule has 2 N–H and O–H groups in total. The lowest BCUT2D eigenvalue weighted by Crippen LogP contribution is -2.13. The van der Waals surface area contributed by atoms with E-state index in [9.17, 15) is 4.39 Å². The van der Waals surface area contributed by atoms with Gasteiger partial charge in [-0.05, 0) is 61.7 Å². The minimum Gasteiger partial charge on any atom is -0.459 e. The predicted octanol–water partition coefficient (Wildman–Crippen LogP) is 4.43. The van der Waals surface area contributed by atoms with Gasteiger partial charge in [0, 0.05) is 5.39 Å². The summed E-state index contributed by atoms with van der Waals surface area (Å²) in [5, 5.41) is 1.05. The summed E-state index contributed by atoms with van der Waals surface area (Å²) in [5.41, 5.74) is 10.2. The summed E-state index contributed by atoms with van der Waals surface area (Å²) in [4.78, 5) is 0. The third-order valence-corrected chi connectivity index (χ3v) is 3.81. The number of furan rings is 1. The van der Waals surface area contributed by atoms with Crippen LogP contribution in [0, 0.1) is 19.7 Å². The van der Waals surface area contributed by atoms with Crippen molar-refractivity contribution in [1.82, 2.24) is 0 Å². The molecule has 0 amide bonds. The van der Waals surface area contributed by atoms with Gasteiger partial charge in [0.2, 0.25) is 0 Å². The summed E-state index contributed by atoms with van der Waals surface area (Å²) in [6.07, 6.45) is 0.558. The van der Waals surface area contributed by atoms with Crippen LogP contribution in [-0.2, 0) is 6.42 Å². The second-order valence-electron chi connectivity index (χ2n) is 5.57. The van der Waals surface area contributed by atoms with Crippen molar-refractivity contribution in [1.29, 1.82) is 0 Å². The highest BCUT2D eigenvalue weighted by atomic mass is 19.1. The molecule has 1 aromatic heterocycles. The highest BCUT2D eigenvalue weighted by Crippen LogP contribution is 2.26. The first-order valence-corrected chi connectivity index (χ1v) is 7.03. The Balaban J connectivity index is 1.89. The fourth-order valence-corrected chi connectivity index (χ4v) is 2.56. The number of nitrogens with two attached hydrogens (primary N) is 1. The van der Waals surface area contributed by atoms with E-state index in [0.717, 1.165) is 27.9 Å². The van der Waals surface area contributed by atoms with Gasteiger partial charge in [0.1, 0.15) is 17.2 Å². The van der Waals surface area contributed by atoms with E-state index >= 15 is 0 Å². The quantitative estimate of drug-likeness (QED) is 0.772. The molecule has 2 aromatic carbocycles. The lowest BCUT2D eigenvalue weighted by atomic mass is 10.00. The Morgan fingerprint density at radius 3 is 2.71 bits per heavy atom. The Hall–Kier alpha value is -2.13. The van der Waals surface area contributed by atoms with Crippen LogP contribution in [0.2, 0.25) is 0 Å². The highest BCUT2D eigenvalue weighted by molar-refractivity contribution is 5.78. The van der Waals surface area contributed by atoms with Crippen molar-refractivity contribution in [3.8, 4) is 0 Å². The number of halogens is 1. The summed E-state index contributed by atoms with van der Waals surface area (Å²) in [5.74, 6) is 0.502. The molecule has 3 aromatic rings. The molecule has 1 unspecified atom stereocenters. The molecule has 0 saturated carbocycles. The standard InChI is InChI=1S/C18H18FNO/c1-11-3-6-17-14(7-11)10-18(21-17)16(20)9-13-8-15(19)5-4-12(13)2/h3-8,10,16H,9,20H2,1-2H3. The first kappa shape index (κ1) is 13.8. The van der Waals surface area contributed by atoms with Crippen molar-refractivity contribution in [3.05, 3.63) is 70.7 Å². The van der Waals surface area contributed by atoms with E-state index in [1.54, 1.807) is 12.1 Å². The van der Waals surface area contributed by atoms with E-state index in [0.29, 0.717) is 6.42 Å². The minimum absolute atomic E-state index is 0.233. The maximum atomic E-state index is 13.3. The molecule has 2 nitrogen and oxygen atoms in total. The van der Waals surface area contributed by atoms with Gasteiger partial charge in [0.05, 0.1) is 6.04 Å². The number of benzene rings is 2. The zero-order chi connectivity index (χ0) is 15.0. The number of fused-ring (bicyclic) bond motifs is 1. The topological polar surface area (TPSA) is 39.2 Å². The molecule has 1 atom stereocenters. The smallest absolute Gasteiger partial charge is 0.134 e. The number of aryl methyl sites for hydroxylation is 2. The molecule has 0 aliphatic carbocycles. The van der Waals surface area contributed by atoms with E-state index in [1.807, 2.05) is 32.0 Å². The maximum Gasteiger partial charge on any atom is 0.134 e. The molecule has 21 heavy (non-hydrogen) atoms. The molecule has 0 fully saturated rings. The Morgan fingerprint density at radius 1 is 1.10 bits per heavy atom. The van der Waals surface area contributed by atoms with Gasteiger partial charge < -0.3 is 10.2 Å². The van der Waals surface area contributed by atoms with Gasteiger partial charge in [-0.25, -0.2) is 4.39 Å². The van der Waals surface area contributed by atoms with Crippen LogP contribution >= 0.6 is 0 Å². The normalized spacial score (nSPS) is 12.8. The summed E-state index contributed by atoms with van der Waals surface area (Å²) < 4.78 is 19.2. The first-order chi connectivity index (χ1) is 10.0. The van der Waals surface area contributed by atoms with Crippen LogP contribution in [0.5, 0.6) is 0 Å². The van der Waals surface area contributed by atoms with E-state index in [-0.39, 0.29) is 11.9 Å². The SMILES string of the molecule is Cc1ccc2oc(C(N)Cc3cc(F)ccc3C)cc2c1. The van der Waals surface area contributed by atoms with E-state index in [2.05, 4.69) is 6.07 Å². The van der Waals surface area contributed by atoms with Gasteiger partial charge in [0.25, 0.3) is 0 Å². The largest absolute Gasteiger partial charge is 0.459 e. The van der Waals surface area contributed by atoms with Gasteiger partial charge in [-0.1, -0.05) is 17.7 Å². The Kier molecular flexibility index (Phi) is 3.52. The second kappa shape index (κ2) is 5.34. The zero-order valence-corrected chi connectivity index (χ0v) is 12.2. The summed E-state index contributed by atoms with van der Waals surface area (Å²) in [7, 11) is 0. The minimum atomic E-state index is -0.279. The summed E-state index contributed by atoms with van der Waals surface area (Å²) in [6.45, 7) is 4.01. The Labute approximate surface area is 123 Å². The van der Waals surface area contributed by atoms with Crippen molar-refractivity contribution < 1.29 is 8.81 Å². The van der Waals surface area contributed by atoms with Crippen LogP contribution in [0.3, 0.4) is 0 Å². The second-order valence-corrected chi connectivity index (χ2v) is 5.57. The van der Waals surface area contributed by atoms with Crippen LogP contribution in [0.1, 0.15) is 28.5 Å². The van der Waals surface area contributed by atoms with Gasteiger partial charge in [-0.15, -0.1) is 0 Å². The predicted molar refractivity (Wildman–Crippen MR) is 82.7 cm³/mol. The van der Waals surface area contributed by atoms with E-state index in [4.69, 9.17) is 10.2 Å². The van der Waals surface area contributed by atoms with Crippen LogP contribution in [0.15, 0.2) is 46.9 Å². The van der Waals surface area contributed by atoms with Gasteiger partial charge in [0.15, 0.2) is 0 Å². The molecule has 0 aliphatic heterocycles. The lowest BCUT2D eigenvalue weighted by Gasteiger charge is -2.11. The third-order valence-electron chi connectivity index (χ3n) is 3.81. The fraction of sp³-hybridized carbons (Fsp3) is 0.222. The first-order valence-electron chi connectivity index (χ1n) is 7.03. The van der Waals surface area contributed by atoms with E-state index in [1.165, 1.54) is 11.6 Å². The van der Waals surface area contributed by atoms with Gasteiger partial charge >= 0.3 is 0 Å². The van der Waals surface area contributed by atoms with Gasteiger partial charge in [-0.3, -0.25) is 0 Å². The average Bonchev–Trinajstić information content (AvgIpc) is 2.86. The van der Waals surface area contributed by atoms with Crippen LogP contribution in [-0.4, -0.2) is 0 Å². The number of hydrogen-bond donors (Lipinski definition) is 1. The summed E-state index contributed by atoms with van der Waals surface area (Å²) in [6, 6.07) is 12.5. The van der Waals surface area contributed by atoms with Crippen LogP contribution < -0.4 is 5.73 Å². The van der Waals surface area contributed by atoms with Crippen molar-refractivity contribution in [2.75, 3.05) is 0 Å². The van der Waals surface area contributed by atoms with Crippen molar-refractivity contribution in [2.45, 2.75) is 26.3 Å². The molecule has 1 heterocycles. The molecular formula is C18H18FNO. The van der Waals surface area contributed by atoms with Gasteiger partial charge in [-0.2, -0.15) is 0 Å². The maximum absolute atomic E-state index is 13.3. The Morgan fingerprint density at radius 2 is 1.90 bits per heavy atom. The number of rotatable bonds is 3. The molecule has 0 aliphatic rings. The van der Waals surface area contributed by atoms with Crippen molar-refractivity contribution >= 4 is 11.0 Å². The average molecular weight is 283 g/mol. The molecule has 3 rings (SSSR count). The Bertz CT molecular complexity index is 791. The molecule has 108 valence electrons. The zero-order valence-electron chi connectivity index (χ0n) is 12.2. The molecule has 0 saturated heterocycles. The summed E-state index contributed by atoms with van der Waals surface area (Å²) >= 11 is 0. The number of hydrogen-bond acceptors (Lipinski definition) is 2. The third kappa shape index (κ3) is 2.83. The van der Waals surface area contributed by atoms with E-state index < -0.39 is 0 Å². The fourth-order valence-electron chi connectivity index (χ4n) is 2.56.